The second kappa shape index (κ2) is 8.39. The van der Waals surface area contributed by atoms with E-state index in [1.54, 1.807) is 0 Å². The number of amides is 1. The van der Waals surface area contributed by atoms with Crippen molar-refractivity contribution in [1.29, 1.82) is 0 Å². The highest BCUT2D eigenvalue weighted by atomic mass is 35.5. The number of aromatic nitrogens is 4. The van der Waals surface area contributed by atoms with Gasteiger partial charge in [-0.15, -0.1) is 5.10 Å². The molecular formula is C18H18ClN5O. The maximum atomic E-state index is 12.6. The smallest absolute Gasteiger partial charge is 0.245 e. The van der Waals surface area contributed by atoms with Gasteiger partial charge in [0.05, 0.1) is 0 Å². The maximum absolute atomic E-state index is 12.6. The molecule has 0 aliphatic carbocycles. The molecule has 1 amide bonds. The van der Waals surface area contributed by atoms with E-state index in [1.807, 2.05) is 54.6 Å². The molecule has 0 radical (unpaired) electrons. The number of carbonyl (C=O) groups excluding carboxylic acids is 1. The van der Waals surface area contributed by atoms with Crippen LogP contribution in [0.3, 0.4) is 0 Å². The number of benzene rings is 2. The lowest BCUT2D eigenvalue weighted by atomic mass is 10.1. The van der Waals surface area contributed by atoms with Crippen molar-refractivity contribution in [3.05, 3.63) is 77.1 Å². The van der Waals surface area contributed by atoms with Crippen LogP contribution in [0.1, 0.15) is 17.2 Å². The average Bonchev–Trinajstić information content (AvgIpc) is 3.16. The molecule has 0 fully saturated rings. The van der Waals surface area contributed by atoms with Gasteiger partial charge in [0, 0.05) is 18.0 Å². The van der Waals surface area contributed by atoms with Gasteiger partial charge in [-0.2, -0.15) is 0 Å². The molecule has 3 rings (SSSR count). The summed E-state index contributed by atoms with van der Waals surface area (Å²) in [6.45, 7) is 0.536. The third kappa shape index (κ3) is 4.87. The van der Waals surface area contributed by atoms with Crippen LogP contribution in [0.4, 0.5) is 0 Å². The lowest BCUT2D eigenvalue weighted by molar-refractivity contribution is -0.124. The molecule has 0 bridgehead atoms. The number of hydrogen-bond acceptors (Lipinski definition) is 4. The molecule has 1 heterocycles. The predicted molar refractivity (Wildman–Crippen MR) is 95.2 cm³/mol. The SMILES string of the molecule is O=C(NCCc1ccc(Cl)cc1)[C@H](Cc1ccccc1)n1cnnn1. The normalized spacial score (nSPS) is 11.9. The summed E-state index contributed by atoms with van der Waals surface area (Å²) in [5.41, 5.74) is 2.17. The molecule has 1 N–H and O–H groups in total. The third-order valence-electron chi connectivity index (χ3n) is 3.88. The molecule has 0 unspecified atom stereocenters. The van der Waals surface area contributed by atoms with E-state index in [2.05, 4.69) is 20.8 Å². The fourth-order valence-electron chi connectivity index (χ4n) is 2.55. The molecule has 7 heteroatoms. The molecule has 0 saturated heterocycles. The predicted octanol–water partition coefficient (Wildman–Crippen LogP) is 2.47. The Morgan fingerprint density at radius 2 is 1.84 bits per heavy atom. The second-order valence-corrected chi connectivity index (χ2v) is 6.10. The van der Waals surface area contributed by atoms with Crippen LogP contribution in [0.25, 0.3) is 0 Å². The Hall–Kier alpha value is -2.73. The van der Waals surface area contributed by atoms with E-state index in [9.17, 15) is 4.79 Å². The van der Waals surface area contributed by atoms with Crippen molar-refractivity contribution in [3.8, 4) is 0 Å². The molecule has 3 aromatic rings. The van der Waals surface area contributed by atoms with Crippen molar-refractivity contribution in [2.75, 3.05) is 6.54 Å². The van der Waals surface area contributed by atoms with Gasteiger partial charge in [-0.05, 0) is 40.1 Å². The second-order valence-electron chi connectivity index (χ2n) is 5.66. The van der Waals surface area contributed by atoms with Gasteiger partial charge in [-0.1, -0.05) is 54.1 Å². The summed E-state index contributed by atoms with van der Waals surface area (Å²) in [5.74, 6) is -0.106. The van der Waals surface area contributed by atoms with Crippen molar-refractivity contribution < 1.29 is 4.79 Å². The molecule has 1 atom stereocenters. The van der Waals surface area contributed by atoms with Gasteiger partial charge in [-0.3, -0.25) is 4.79 Å². The van der Waals surface area contributed by atoms with E-state index < -0.39 is 6.04 Å². The van der Waals surface area contributed by atoms with Crippen molar-refractivity contribution in [1.82, 2.24) is 25.5 Å². The zero-order valence-electron chi connectivity index (χ0n) is 13.5. The minimum Gasteiger partial charge on any atom is -0.354 e. The standard InChI is InChI=1S/C18H18ClN5O/c19-16-8-6-14(7-9-16)10-11-20-18(25)17(24-13-21-22-23-24)12-15-4-2-1-3-5-15/h1-9,13,17H,10-12H2,(H,20,25)/t17-/m0/s1. The molecule has 25 heavy (non-hydrogen) atoms. The monoisotopic (exact) mass is 355 g/mol. The first-order chi connectivity index (χ1) is 12.2. The van der Waals surface area contributed by atoms with Crippen LogP contribution in [-0.4, -0.2) is 32.7 Å². The molecular weight excluding hydrogens is 338 g/mol. The maximum Gasteiger partial charge on any atom is 0.245 e. The quantitative estimate of drug-likeness (QED) is 0.706. The molecule has 0 aliphatic heterocycles. The van der Waals surface area contributed by atoms with Crippen molar-refractivity contribution in [3.63, 3.8) is 0 Å². The lowest BCUT2D eigenvalue weighted by Gasteiger charge is -2.16. The van der Waals surface area contributed by atoms with E-state index in [-0.39, 0.29) is 5.91 Å². The van der Waals surface area contributed by atoms with Crippen LogP contribution >= 0.6 is 11.6 Å². The number of nitrogens with one attached hydrogen (secondary N) is 1. The summed E-state index contributed by atoms with van der Waals surface area (Å²) in [5, 5.41) is 14.8. The van der Waals surface area contributed by atoms with Crippen molar-refractivity contribution >= 4 is 17.5 Å². The first-order valence-corrected chi connectivity index (χ1v) is 8.39. The Bertz CT molecular complexity index is 790. The van der Waals surface area contributed by atoms with Crippen LogP contribution in [0.15, 0.2) is 60.9 Å². The van der Waals surface area contributed by atoms with Gasteiger partial charge >= 0.3 is 0 Å². The van der Waals surface area contributed by atoms with Gasteiger partial charge in [0.1, 0.15) is 12.4 Å². The highest BCUT2D eigenvalue weighted by molar-refractivity contribution is 6.30. The average molecular weight is 356 g/mol. The lowest BCUT2D eigenvalue weighted by Crippen LogP contribution is -2.35. The number of tetrazole rings is 1. The Balaban J connectivity index is 1.62. The third-order valence-corrected chi connectivity index (χ3v) is 4.14. The molecule has 2 aromatic carbocycles. The van der Waals surface area contributed by atoms with E-state index in [1.165, 1.54) is 11.0 Å². The Morgan fingerprint density at radius 1 is 1.08 bits per heavy atom. The highest BCUT2D eigenvalue weighted by Gasteiger charge is 2.21. The number of hydrogen-bond donors (Lipinski definition) is 1. The Labute approximate surface area is 150 Å². The first-order valence-electron chi connectivity index (χ1n) is 8.01. The zero-order chi connectivity index (χ0) is 17.5. The highest BCUT2D eigenvalue weighted by Crippen LogP contribution is 2.13. The van der Waals surface area contributed by atoms with Crippen LogP contribution in [0, 0.1) is 0 Å². The molecule has 128 valence electrons. The van der Waals surface area contributed by atoms with Gasteiger partial charge in [0.15, 0.2) is 0 Å². The number of carbonyl (C=O) groups is 1. The number of halogens is 1. The Morgan fingerprint density at radius 3 is 2.52 bits per heavy atom. The minimum absolute atomic E-state index is 0.106. The molecule has 1 aromatic heterocycles. The summed E-state index contributed by atoms with van der Waals surface area (Å²) in [7, 11) is 0. The first kappa shape index (κ1) is 17.1. The van der Waals surface area contributed by atoms with Crippen molar-refractivity contribution in [2.45, 2.75) is 18.9 Å². The van der Waals surface area contributed by atoms with Gasteiger partial charge < -0.3 is 5.32 Å². The van der Waals surface area contributed by atoms with E-state index >= 15 is 0 Å². The fraction of sp³-hybridized carbons (Fsp3) is 0.222. The van der Waals surface area contributed by atoms with Crippen LogP contribution in [0.2, 0.25) is 5.02 Å². The minimum atomic E-state index is -0.484. The van der Waals surface area contributed by atoms with Crippen molar-refractivity contribution in [2.24, 2.45) is 0 Å². The fourth-order valence-corrected chi connectivity index (χ4v) is 2.68. The topological polar surface area (TPSA) is 72.7 Å². The van der Waals surface area contributed by atoms with E-state index in [0.717, 1.165) is 17.5 Å². The molecule has 6 nitrogen and oxygen atoms in total. The van der Waals surface area contributed by atoms with Gasteiger partial charge in [0.25, 0.3) is 0 Å². The zero-order valence-corrected chi connectivity index (χ0v) is 14.3. The summed E-state index contributed by atoms with van der Waals surface area (Å²) in [6.07, 6.45) is 2.72. The largest absolute Gasteiger partial charge is 0.354 e. The molecule has 0 saturated carbocycles. The number of rotatable bonds is 7. The Kier molecular flexibility index (Phi) is 5.74. The van der Waals surface area contributed by atoms with Crippen LogP contribution < -0.4 is 5.32 Å². The summed E-state index contributed by atoms with van der Waals surface area (Å²) in [6, 6.07) is 16.9. The summed E-state index contributed by atoms with van der Waals surface area (Å²) in [4.78, 5) is 12.6. The molecule has 0 spiro atoms. The van der Waals surface area contributed by atoms with Crippen LogP contribution in [0.5, 0.6) is 0 Å². The van der Waals surface area contributed by atoms with E-state index in [4.69, 9.17) is 11.6 Å². The summed E-state index contributed by atoms with van der Waals surface area (Å²) >= 11 is 5.88. The van der Waals surface area contributed by atoms with Crippen LogP contribution in [-0.2, 0) is 17.6 Å². The van der Waals surface area contributed by atoms with Gasteiger partial charge in [0.2, 0.25) is 5.91 Å². The number of nitrogens with zero attached hydrogens (tertiary/aromatic N) is 4. The summed E-state index contributed by atoms with van der Waals surface area (Å²) < 4.78 is 1.49. The van der Waals surface area contributed by atoms with Gasteiger partial charge in [-0.25, -0.2) is 4.68 Å². The molecule has 0 aliphatic rings. The van der Waals surface area contributed by atoms with E-state index in [0.29, 0.717) is 18.0 Å².